The van der Waals surface area contributed by atoms with Gasteiger partial charge in [0.05, 0.1) is 6.04 Å². The first kappa shape index (κ1) is 23.8. The van der Waals surface area contributed by atoms with E-state index in [1.165, 1.54) is 49.9 Å². The molecule has 0 radical (unpaired) electrons. The predicted octanol–water partition coefficient (Wildman–Crippen LogP) is 3.15. The SMILES string of the molecule is Cc1cnc(NC(=O)C2CC3(CC3)CN2C)s1.O=CC(CC(=O)NO)CC1CCCC1. The number of hydrogen-bond donors (Lipinski definition) is 3. The lowest BCUT2D eigenvalue weighted by atomic mass is 9.92. The number of carbonyl (C=O) groups is 3. The van der Waals surface area contributed by atoms with Crippen LogP contribution in [-0.4, -0.2) is 52.8 Å². The number of thiazole rings is 1. The fourth-order valence-corrected chi connectivity index (χ4v) is 5.52. The van der Waals surface area contributed by atoms with Crippen LogP contribution in [0.5, 0.6) is 0 Å². The molecule has 2 heterocycles. The number of nitrogens with one attached hydrogen (secondary N) is 2. The van der Waals surface area contributed by atoms with Gasteiger partial charge in [-0.3, -0.25) is 19.7 Å². The number of anilines is 1. The number of hydroxylamine groups is 1. The lowest BCUT2D eigenvalue weighted by Gasteiger charge is -2.17. The van der Waals surface area contributed by atoms with Gasteiger partial charge < -0.3 is 10.1 Å². The van der Waals surface area contributed by atoms with Crippen LogP contribution < -0.4 is 10.8 Å². The third-order valence-electron chi connectivity index (χ3n) is 6.73. The Balaban J connectivity index is 0.000000180. The summed E-state index contributed by atoms with van der Waals surface area (Å²) in [6.45, 7) is 3.07. The average molecular weight is 451 g/mol. The minimum Gasteiger partial charge on any atom is -0.303 e. The number of aldehydes is 1. The maximum atomic E-state index is 12.2. The molecule has 1 saturated heterocycles. The summed E-state index contributed by atoms with van der Waals surface area (Å²) in [6, 6.07) is 0.0294. The molecule has 2 unspecified atom stereocenters. The fourth-order valence-electron chi connectivity index (χ4n) is 4.85. The standard InChI is InChI=1S/C12H17N3OS.C10H17NO3/c1-8-6-13-11(17-8)14-10(16)9-5-12(3-4-12)7-15(9)2;12-7-9(6-10(13)11-14)5-8-3-1-2-4-8/h6,9H,3-5,7H2,1-2H3,(H,13,14,16);7-9,14H,1-6H2,(H,11,13). The predicted molar refractivity (Wildman–Crippen MR) is 119 cm³/mol. The summed E-state index contributed by atoms with van der Waals surface area (Å²) in [5, 5.41) is 12.0. The van der Waals surface area contributed by atoms with E-state index in [0.29, 0.717) is 11.3 Å². The highest BCUT2D eigenvalue weighted by Crippen LogP contribution is 2.54. The molecule has 3 N–H and O–H groups in total. The highest BCUT2D eigenvalue weighted by Gasteiger charge is 2.52. The van der Waals surface area contributed by atoms with Crippen molar-refractivity contribution in [2.24, 2.45) is 17.3 Å². The van der Waals surface area contributed by atoms with Gasteiger partial charge >= 0.3 is 0 Å². The van der Waals surface area contributed by atoms with E-state index in [1.807, 2.05) is 14.0 Å². The maximum absolute atomic E-state index is 12.2. The van der Waals surface area contributed by atoms with Crippen LogP contribution in [0.3, 0.4) is 0 Å². The molecule has 1 aliphatic heterocycles. The van der Waals surface area contributed by atoms with Crippen molar-refractivity contribution in [1.29, 1.82) is 0 Å². The van der Waals surface area contributed by atoms with Gasteiger partial charge in [-0.15, -0.1) is 11.3 Å². The van der Waals surface area contributed by atoms with Gasteiger partial charge in [-0.25, -0.2) is 10.5 Å². The Morgan fingerprint density at radius 1 is 1.39 bits per heavy atom. The van der Waals surface area contributed by atoms with Crippen molar-refractivity contribution in [3.8, 4) is 0 Å². The highest BCUT2D eigenvalue weighted by molar-refractivity contribution is 7.15. The van der Waals surface area contributed by atoms with E-state index < -0.39 is 5.91 Å². The molecule has 3 aliphatic rings. The molecular weight excluding hydrogens is 416 g/mol. The van der Waals surface area contributed by atoms with Crippen LogP contribution in [0.15, 0.2) is 6.20 Å². The molecule has 2 aliphatic carbocycles. The molecule has 172 valence electrons. The summed E-state index contributed by atoms with van der Waals surface area (Å²) in [7, 11) is 2.05. The van der Waals surface area contributed by atoms with E-state index in [1.54, 1.807) is 11.7 Å². The van der Waals surface area contributed by atoms with Crippen molar-refractivity contribution in [2.45, 2.75) is 70.8 Å². The zero-order chi connectivity index (χ0) is 22.4. The van der Waals surface area contributed by atoms with E-state index in [2.05, 4.69) is 15.2 Å². The van der Waals surface area contributed by atoms with Crippen LogP contribution in [0.1, 0.15) is 62.7 Å². The first-order valence-electron chi connectivity index (χ1n) is 11.2. The Kier molecular flexibility index (Phi) is 8.18. The zero-order valence-electron chi connectivity index (χ0n) is 18.4. The van der Waals surface area contributed by atoms with Crippen molar-refractivity contribution in [1.82, 2.24) is 15.4 Å². The summed E-state index contributed by atoms with van der Waals surface area (Å²) in [4.78, 5) is 41.2. The van der Waals surface area contributed by atoms with Gasteiger partial charge in [0.1, 0.15) is 6.29 Å². The largest absolute Gasteiger partial charge is 0.303 e. The number of nitrogens with zero attached hydrogens (tertiary/aromatic N) is 2. The van der Waals surface area contributed by atoms with Crippen LogP contribution in [0.4, 0.5) is 5.13 Å². The summed E-state index contributed by atoms with van der Waals surface area (Å²) >= 11 is 1.53. The first-order chi connectivity index (χ1) is 14.8. The van der Waals surface area contributed by atoms with Crippen molar-refractivity contribution in [3.63, 3.8) is 0 Å². The van der Waals surface area contributed by atoms with Crippen molar-refractivity contribution in [2.75, 3.05) is 18.9 Å². The maximum Gasteiger partial charge on any atom is 0.244 e. The third kappa shape index (κ3) is 6.82. The lowest BCUT2D eigenvalue weighted by Crippen LogP contribution is -2.37. The third-order valence-corrected chi connectivity index (χ3v) is 7.56. The smallest absolute Gasteiger partial charge is 0.244 e. The summed E-state index contributed by atoms with van der Waals surface area (Å²) in [5.74, 6) is -0.00679. The number of hydrogen-bond acceptors (Lipinski definition) is 7. The van der Waals surface area contributed by atoms with Crippen LogP contribution >= 0.6 is 11.3 Å². The number of aryl methyl sites for hydroxylation is 1. The molecule has 1 aromatic rings. The fraction of sp³-hybridized carbons (Fsp3) is 0.727. The topological polar surface area (TPSA) is 112 Å². The summed E-state index contributed by atoms with van der Waals surface area (Å²) in [5.41, 5.74) is 2.02. The molecule has 31 heavy (non-hydrogen) atoms. The number of rotatable bonds is 7. The van der Waals surface area contributed by atoms with Gasteiger partial charge in [-0.05, 0) is 51.0 Å². The Morgan fingerprint density at radius 2 is 2.10 bits per heavy atom. The number of carbonyl (C=O) groups excluding carboxylic acids is 3. The van der Waals surface area contributed by atoms with Crippen molar-refractivity contribution in [3.05, 3.63) is 11.1 Å². The number of amides is 2. The molecule has 9 heteroatoms. The summed E-state index contributed by atoms with van der Waals surface area (Å²) < 4.78 is 0. The van der Waals surface area contributed by atoms with Crippen molar-refractivity contribution < 1.29 is 19.6 Å². The Bertz CT molecular complexity index is 773. The van der Waals surface area contributed by atoms with E-state index in [0.717, 1.165) is 35.7 Å². The minimum atomic E-state index is -0.472. The quantitative estimate of drug-likeness (QED) is 0.334. The lowest BCUT2D eigenvalue weighted by molar-refractivity contribution is -0.131. The number of likely N-dealkylation sites (N-methyl/N-ethyl adjacent to an activating group) is 1. The van der Waals surface area contributed by atoms with E-state index in [4.69, 9.17) is 5.21 Å². The van der Waals surface area contributed by atoms with Gasteiger partial charge in [0.2, 0.25) is 11.8 Å². The van der Waals surface area contributed by atoms with Gasteiger partial charge in [0.25, 0.3) is 0 Å². The molecule has 2 atom stereocenters. The Hall–Kier alpha value is -1.84. The van der Waals surface area contributed by atoms with Gasteiger partial charge in [0, 0.05) is 30.0 Å². The molecule has 1 spiro atoms. The Labute approximate surface area is 187 Å². The first-order valence-corrected chi connectivity index (χ1v) is 12.0. The van der Waals surface area contributed by atoms with Crippen LogP contribution in [0, 0.1) is 24.2 Å². The molecule has 2 saturated carbocycles. The van der Waals surface area contributed by atoms with Gasteiger partial charge in [-0.2, -0.15) is 0 Å². The van der Waals surface area contributed by atoms with Gasteiger partial charge in [0.15, 0.2) is 5.13 Å². The molecule has 2 amide bonds. The van der Waals surface area contributed by atoms with Gasteiger partial charge in [-0.1, -0.05) is 25.7 Å². The van der Waals surface area contributed by atoms with Crippen LogP contribution in [0.2, 0.25) is 0 Å². The molecule has 0 aromatic carbocycles. The molecule has 1 aromatic heterocycles. The molecule has 4 rings (SSSR count). The molecular formula is C22H34N4O4S. The Morgan fingerprint density at radius 3 is 2.61 bits per heavy atom. The van der Waals surface area contributed by atoms with Crippen LogP contribution in [0.25, 0.3) is 0 Å². The molecule has 0 bridgehead atoms. The van der Waals surface area contributed by atoms with E-state index in [9.17, 15) is 14.4 Å². The number of likely N-dealkylation sites (tertiary alicyclic amines) is 1. The second-order valence-electron chi connectivity index (χ2n) is 9.42. The second kappa shape index (κ2) is 10.7. The van der Waals surface area contributed by atoms with Crippen molar-refractivity contribution >= 4 is 34.6 Å². The summed E-state index contributed by atoms with van der Waals surface area (Å²) in [6.07, 6.45) is 11.9. The normalized spacial score (nSPS) is 23.1. The zero-order valence-corrected chi connectivity index (χ0v) is 19.2. The molecule has 8 nitrogen and oxygen atoms in total. The average Bonchev–Trinajstić information content (AvgIpc) is 3.06. The highest BCUT2D eigenvalue weighted by atomic mass is 32.1. The minimum absolute atomic E-state index is 0.0294. The van der Waals surface area contributed by atoms with E-state index >= 15 is 0 Å². The second-order valence-corrected chi connectivity index (χ2v) is 10.7. The van der Waals surface area contributed by atoms with Crippen LogP contribution in [-0.2, 0) is 14.4 Å². The molecule has 3 fully saturated rings. The number of aromatic nitrogens is 1. The van der Waals surface area contributed by atoms with E-state index in [-0.39, 0.29) is 24.3 Å². The monoisotopic (exact) mass is 450 g/mol.